The first-order valence-electron chi connectivity index (χ1n) is 5.46. The van der Waals surface area contributed by atoms with Crippen molar-refractivity contribution in [1.82, 2.24) is 5.32 Å². The number of halogens is 2. The minimum absolute atomic E-state index is 0.0224. The third-order valence-corrected chi connectivity index (χ3v) is 3.57. The van der Waals surface area contributed by atoms with Crippen molar-refractivity contribution in [2.24, 2.45) is 17.3 Å². The number of carbonyl (C=O) groups is 1. The smallest absolute Gasteiger partial charge is 0.248 e. The van der Waals surface area contributed by atoms with Gasteiger partial charge >= 0.3 is 0 Å². The summed E-state index contributed by atoms with van der Waals surface area (Å²) in [5, 5.41) is 2.77. The summed E-state index contributed by atoms with van der Waals surface area (Å²) < 4.78 is 25.0. The number of alkyl halides is 2. The monoisotopic (exact) mass is 217 g/mol. The van der Waals surface area contributed by atoms with Crippen molar-refractivity contribution in [2.45, 2.75) is 39.0 Å². The Hall–Kier alpha value is -0.670. The number of hydrogen-bond acceptors (Lipinski definition) is 1. The molecule has 0 heterocycles. The Morgan fingerprint density at radius 1 is 1.33 bits per heavy atom. The van der Waals surface area contributed by atoms with Gasteiger partial charge in [-0.15, -0.1) is 0 Å². The van der Waals surface area contributed by atoms with Crippen molar-refractivity contribution >= 4 is 5.91 Å². The number of hydrogen-bond donors (Lipinski definition) is 1. The molecule has 2 aliphatic carbocycles. The highest BCUT2D eigenvalue weighted by Gasteiger charge is 2.51. The molecule has 1 N–H and O–H groups in total. The van der Waals surface area contributed by atoms with Crippen molar-refractivity contribution in [3.63, 3.8) is 0 Å². The third-order valence-electron chi connectivity index (χ3n) is 3.57. The van der Waals surface area contributed by atoms with E-state index in [1.807, 2.05) is 0 Å². The summed E-state index contributed by atoms with van der Waals surface area (Å²) in [6.07, 6.45) is 0.780. The van der Waals surface area contributed by atoms with Gasteiger partial charge in [0.05, 0.1) is 0 Å². The van der Waals surface area contributed by atoms with E-state index in [4.69, 9.17) is 0 Å². The summed E-state index contributed by atoms with van der Waals surface area (Å²) in [6.45, 7) is 4.52. The molecule has 2 fully saturated rings. The van der Waals surface area contributed by atoms with Crippen LogP contribution in [0, 0.1) is 17.3 Å². The summed E-state index contributed by atoms with van der Waals surface area (Å²) in [6, 6.07) is 0. The molecule has 2 rings (SSSR count). The molecule has 2 nitrogen and oxygen atoms in total. The molecular formula is C11H17F2NO. The van der Waals surface area contributed by atoms with E-state index in [9.17, 15) is 13.6 Å². The number of rotatable bonds is 3. The van der Waals surface area contributed by atoms with E-state index in [0.717, 1.165) is 6.42 Å². The van der Waals surface area contributed by atoms with Crippen LogP contribution in [0.25, 0.3) is 0 Å². The van der Waals surface area contributed by atoms with E-state index < -0.39 is 5.92 Å². The van der Waals surface area contributed by atoms with Gasteiger partial charge in [0.2, 0.25) is 11.8 Å². The van der Waals surface area contributed by atoms with Crippen LogP contribution in [-0.4, -0.2) is 18.4 Å². The van der Waals surface area contributed by atoms with Crippen LogP contribution in [0.15, 0.2) is 0 Å². The highest BCUT2D eigenvalue weighted by atomic mass is 19.3. The lowest BCUT2D eigenvalue weighted by Gasteiger charge is -2.34. The van der Waals surface area contributed by atoms with Crippen LogP contribution in [0.2, 0.25) is 0 Å². The second-order valence-electron chi connectivity index (χ2n) is 5.62. The van der Waals surface area contributed by atoms with Gasteiger partial charge in [0, 0.05) is 25.3 Å². The highest BCUT2D eigenvalue weighted by Crippen LogP contribution is 2.51. The molecular weight excluding hydrogens is 200 g/mol. The van der Waals surface area contributed by atoms with Gasteiger partial charge in [-0.1, -0.05) is 13.8 Å². The van der Waals surface area contributed by atoms with Gasteiger partial charge < -0.3 is 5.32 Å². The summed E-state index contributed by atoms with van der Waals surface area (Å²) in [7, 11) is 0. The average molecular weight is 217 g/mol. The predicted molar refractivity (Wildman–Crippen MR) is 52.6 cm³/mol. The predicted octanol–water partition coefficient (Wildman–Crippen LogP) is 2.19. The lowest BCUT2D eigenvalue weighted by molar-refractivity contribution is -0.127. The van der Waals surface area contributed by atoms with Gasteiger partial charge in [-0.3, -0.25) is 4.79 Å². The summed E-state index contributed by atoms with van der Waals surface area (Å²) in [5.41, 5.74) is 0.119. The maximum atomic E-state index is 12.5. The molecule has 1 amide bonds. The van der Waals surface area contributed by atoms with E-state index >= 15 is 0 Å². The topological polar surface area (TPSA) is 29.1 Å². The maximum Gasteiger partial charge on any atom is 0.248 e. The zero-order valence-corrected chi connectivity index (χ0v) is 9.15. The van der Waals surface area contributed by atoms with Crippen molar-refractivity contribution < 1.29 is 13.6 Å². The van der Waals surface area contributed by atoms with Crippen LogP contribution in [0.4, 0.5) is 8.78 Å². The van der Waals surface area contributed by atoms with Gasteiger partial charge in [-0.25, -0.2) is 8.78 Å². The fourth-order valence-corrected chi connectivity index (χ4v) is 2.21. The Labute approximate surface area is 88.4 Å². The second-order valence-corrected chi connectivity index (χ2v) is 5.62. The molecule has 86 valence electrons. The largest absolute Gasteiger partial charge is 0.356 e. The molecule has 0 bridgehead atoms. The molecule has 0 aliphatic heterocycles. The molecule has 2 saturated carbocycles. The van der Waals surface area contributed by atoms with Crippen LogP contribution in [0.1, 0.15) is 33.1 Å². The lowest BCUT2D eigenvalue weighted by Crippen LogP contribution is -2.43. The molecule has 0 radical (unpaired) electrons. The van der Waals surface area contributed by atoms with E-state index in [1.54, 1.807) is 0 Å². The lowest BCUT2D eigenvalue weighted by atomic mass is 9.81. The minimum Gasteiger partial charge on any atom is -0.356 e. The Kier molecular flexibility index (Phi) is 2.28. The zero-order chi connectivity index (χ0) is 11.3. The average Bonchev–Trinajstić information content (AvgIpc) is 2.67. The maximum absolute atomic E-state index is 12.5. The molecule has 1 atom stereocenters. The van der Waals surface area contributed by atoms with E-state index in [1.165, 1.54) is 0 Å². The quantitative estimate of drug-likeness (QED) is 0.771. The summed E-state index contributed by atoms with van der Waals surface area (Å²) >= 11 is 0. The first-order chi connectivity index (χ1) is 6.80. The Bertz CT molecular complexity index is 280. The fraction of sp³-hybridized carbons (Fsp3) is 0.909. The van der Waals surface area contributed by atoms with Crippen molar-refractivity contribution in [2.75, 3.05) is 6.54 Å². The molecule has 0 aromatic rings. The van der Waals surface area contributed by atoms with Gasteiger partial charge in [-0.2, -0.15) is 0 Å². The fourth-order valence-electron chi connectivity index (χ4n) is 2.21. The van der Waals surface area contributed by atoms with Crippen LogP contribution in [0.3, 0.4) is 0 Å². The van der Waals surface area contributed by atoms with Gasteiger partial charge in [0.15, 0.2) is 0 Å². The van der Waals surface area contributed by atoms with Crippen molar-refractivity contribution in [3.8, 4) is 0 Å². The first kappa shape index (κ1) is 10.8. The zero-order valence-electron chi connectivity index (χ0n) is 9.15. The molecule has 0 spiro atoms. The van der Waals surface area contributed by atoms with Crippen LogP contribution in [0.5, 0.6) is 0 Å². The number of carbonyl (C=O) groups excluding carboxylic acids is 1. The Morgan fingerprint density at radius 2 is 1.87 bits per heavy atom. The van der Waals surface area contributed by atoms with Crippen LogP contribution in [-0.2, 0) is 4.79 Å². The van der Waals surface area contributed by atoms with Crippen LogP contribution >= 0.6 is 0 Å². The number of nitrogens with one attached hydrogen (secondary N) is 1. The second kappa shape index (κ2) is 3.16. The molecule has 0 aromatic heterocycles. The SMILES string of the molecule is CC1(C)CC1C(=O)NCC1CC(F)(F)C1. The van der Waals surface area contributed by atoms with Gasteiger partial charge in [-0.05, 0) is 17.8 Å². The Balaban J connectivity index is 1.66. The molecule has 4 heteroatoms. The molecule has 0 saturated heterocycles. The number of amides is 1. The minimum atomic E-state index is -2.48. The summed E-state index contributed by atoms with van der Waals surface area (Å²) in [4.78, 5) is 11.5. The first-order valence-corrected chi connectivity index (χ1v) is 5.46. The van der Waals surface area contributed by atoms with E-state index in [0.29, 0.717) is 6.54 Å². The normalized spacial score (nSPS) is 31.9. The van der Waals surface area contributed by atoms with Crippen molar-refractivity contribution in [3.05, 3.63) is 0 Å². The van der Waals surface area contributed by atoms with Gasteiger partial charge in [0.1, 0.15) is 0 Å². The standard InChI is InChI=1S/C11H17F2NO/c1-10(2)5-8(10)9(15)14-6-7-3-11(12,13)4-7/h7-8H,3-6H2,1-2H3,(H,14,15). The van der Waals surface area contributed by atoms with E-state index in [2.05, 4.69) is 19.2 Å². The van der Waals surface area contributed by atoms with Crippen molar-refractivity contribution in [1.29, 1.82) is 0 Å². The third kappa shape index (κ3) is 2.29. The summed E-state index contributed by atoms with van der Waals surface area (Å²) in [5.74, 6) is -2.37. The molecule has 2 aliphatic rings. The van der Waals surface area contributed by atoms with Gasteiger partial charge in [0.25, 0.3) is 0 Å². The molecule has 1 unspecified atom stereocenters. The van der Waals surface area contributed by atoms with E-state index in [-0.39, 0.29) is 36.0 Å². The molecule has 0 aromatic carbocycles. The van der Waals surface area contributed by atoms with Crippen LogP contribution < -0.4 is 5.32 Å². The molecule has 15 heavy (non-hydrogen) atoms. The Morgan fingerprint density at radius 3 is 2.27 bits per heavy atom. The highest BCUT2D eigenvalue weighted by molar-refractivity contribution is 5.82.